The maximum atomic E-state index is 12.7. The number of rotatable bonds is 4. The summed E-state index contributed by atoms with van der Waals surface area (Å²) in [6.07, 6.45) is 0. The lowest BCUT2D eigenvalue weighted by atomic mass is 10.3. The van der Waals surface area contributed by atoms with Crippen molar-refractivity contribution >= 4 is 28.7 Å². The van der Waals surface area contributed by atoms with Gasteiger partial charge in [0.05, 0.1) is 16.3 Å². The Morgan fingerprint density at radius 2 is 1.96 bits per heavy atom. The third kappa shape index (κ3) is 3.38. The van der Waals surface area contributed by atoms with Gasteiger partial charge >= 0.3 is 0 Å². The van der Waals surface area contributed by atoms with Gasteiger partial charge < -0.3 is 14.4 Å². The molecule has 6 heteroatoms. The molecule has 0 spiro atoms. The van der Waals surface area contributed by atoms with Gasteiger partial charge in [-0.25, -0.2) is 4.98 Å². The van der Waals surface area contributed by atoms with Crippen LogP contribution in [-0.4, -0.2) is 63.2 Å². The van der Waals surface area contributed by atoms with Crippen molar-refractivity contribution < 1.29 is 4.79 Å². The van der Waals surface area contributed by atoms with Crippen molar-refractivity contribution in [1.82, 2.24) is 19.4 Å². The first kappa shape index (κ1) is 16.3. The number of carbonyl (C=O) groups is 1. The smallest absolute Gasteiger partial charge is 0.235 e. The minimum atomic E-state index is -0.112. The van der Waals surface area contributed by atoms with Crippen LogP contribution in [-0.2, 0) is 11.8 Å². The molecule has 0 N–H and O–H groups in total. The van der Waals surface area contributed by atoms with Crippen LogP contribution in [0, 0.1) is 0 Å². The lowest BCUT2D eigenvalue weighted by Gasteiger charge is -2.35. The number of amides is 1. The Kier molecular flexibility index (Phi) is 4.92. The number of aryl methyl sites for hydroxylation is 1. The minimum Gasteiger partial charge on any atom is -0.339 e. The van der Waals surface area contributed by atoms with E-state index in [1.165, 1.54) is 0 Å². The van der Waals surface area contributed by atoms with E-state index in [0.29, 0.717) is 0 Å². The standard InChI is InChI=1S/C17H24N4OS/c1-4-20-9-11-21(12-10-20)16(22)13(2)23-17-18-14-7-5-6-8-15(14)19(17)3/h5-8,13H,4,9-12H2,1-3H3/t13-/m0/s1. The molecule has 23 heavy (non-hydrogen) atoms. The Bertz CT molecular complexity index is 691. The molecule has 0 aliphatic carbocycles. The lowest BCUT2D eigenvalue weighted by molar-refractivity contribution is -0.132. The molecule has 1 fully saturated rings. The van der Waals surface area contributed by atoms with Crippen molar-refractivity contribution in [1.29, 1.82) is 0 Å². The largest absolute Gasteiger partial charge is 0.339 e. The van der Waals surface area contributed by atoms with Crippen LogP contribution < -0.4 is 0 Å². The summed E-state index contributed by atoms with van der Waals surface area (Å²) in [5.41, 5.74) is 2.08. The first-order valence-electron chi connectivity index (χ1n) is 8.19. The van der Waals surface area contributed by atoms with Crippen LogP contribution in [0.5, 0.6) is 0 Å². The fourth-order valence-electron chi connectivity index (χ4n) is 2.98. The number of fused-ring (bicyclic) bond motifs is 1. The predicted octanol–water partition coefficient (Wildman–Crippen LogP) is 2.22. The molecule has 2 aromatic rings. The molecule has 0 bridgehead atoms. The van der Waals surface area contributed by atoms with E-state index in [1.807, 2.05) is 37.1 Å². The molecule has 1 aliphatic heterocycles. The summed E-state index contributed by atoms with van der Waals surface area (Å²) in [6, 6.07) is 8.07. The van der Waals surface area contributed by atoms with E-state index in [1.54, 1.807) is 11.8 Å². The first-order valence-corrected chi connectivity index (χ1v) is 9.07. The normalized spacial score (nSPS) is 17.6. The first-order chi connectivity index (χ1) is 11.1. The third-order valence-electron chi connectivity index (χ3n) is 4.51. The number of imidazole rings is 1. The fourth-order valence-corrected chi connectivity index (χ4v) is 3.95. The van der Waals surface area contributed by atoms with Gasteiger partial charge in [-0.05, 0) is 25.6 Å². The number of aromatic nitrogens is 2. The van der Waals surface area contributed by atoms with E-state index in [2.05, 4.69) is 27.4 Å². The minimum absolute atomic E-state index is 0.112. The molecule has 0 radical (unpaired) electrons. The topological polar surface area (TPSA) is 41.4 Å². The second-order valence-corrected chi connectivity index (χ2v) is 7.27. The zero-order valence-electron chi connectivity index (χ0n) is 14.0. The van der Waals surface area contributed by atoms with Crippen LogP contribution >= 0.6 is 11.8 Å². The van der Waals surface area contributed by atoms with E-state index in [9.17, 15) is 4.79 Å². The van der Waals surface area contributed by atoms with Crippen LogP contribution in [0.25, 0.3) is 11.0 Å². The maximum absolute atomic E-state index is 12.7. The number of piperazine rings is 1. The van der Waals surface area contributed by atoms with Crippen molar-refractivity contribution in [3.05, 3.63) is 24.3 Å². The van der Waals surface area contributed by atoms with E-state index in [-0.39, 0.29) is 11.2 Å². The van der Waals surface area contributed by atoms with Crippen LogP contribution in [0.15, 0.2) is 29.4 Å². The molecular weight excluding hydrogens is 308 g/mol. The third-order valence-corrected chi connectivity index (χ3v) is 5.64. The van der Waals surface area contributed by atoms with Crippen molar-refractivity contribution in [3.8, 4) is 0 Å². The Morgan fingerprint density at radius 1 is 1.26 bits per heavy atom. The zero-order valence-corrected chi connectivity index (χ0v) is 14.8. The Labute approximate surface area is 141 Å². The number of likely N-dealkylation sites (N-methyl/N-ethyl adjacent to an activating group) is 1. The van der Waals surface area contributed by atoms with E-state index in [4.69, 9.17) is 0 Å². The molecule has 1 saturated heterocycles. The highest BCUT2D eigenvalue weighted by Crippen LogP contribution is 2.27. The summed E-state index contributed by atoms with van der Waals surface area (Å²) in [5, 5.41) is 0.790. The molecule has 1 atom stereocenters. The number of thioether (sulfide) groups is 1. The highest BCUT2D eigenvalue weighted by atomic mass is 32.2. The molecule has 124 valence electrons. The van der Waals surface area contributed by atoms with Crippen LogP contribution in [0.3, 0.4) is 0 Å². The second-order valence-electron chi connectivity index (χ2n) is 5.96. The van der Waals surface area contributed by atoms with Gasteiger partial charge in [0.25, 0.3) is 0 Å². The van der Waals surface area contributed by atoms with Gasteiger partial charge in [0, 0.05) is 33.2 Å². The predicted molar refractivity (Wildman–Crippen MR) is 94.7 cm³/mol. The molecule has 3 rings (SSSR count). The Balaban J connectivity index is 1.67. The molecule has 1 aromatic carbocycles. The number of hydrogen-bond donors (Lipinski definition) is 0. The van der Waals surface area contributed by atoms with Crippen molar-refractivity contribution in [3.63, 3.8) is 0 Å². The second kappa shape index (κ2) is 6.93. The number of para-hydroxylation sites is 2. The molecule has 1 aliphatic rings. The molecule has 5 nitrogen and oxygen atoms in total. The average molecular weight is 332 g/mol. The van der Waals surface area contributed by atoms with Crippen molar-refractivity contribution in [2.75, 3.05) is 32.7 Å². The molecule has 1 aromatic heterocycles. The SMILES string of the molecule is CCN1CCN(C(=O)[C@H](C)Sc2nc3ccccc3n2C)CC1. The van der Waals surface area contributed by atoms with E-state index in [0.717, 1.165) is 48.9 Å². The van der Waals surface area contributed by atoms with Gasteiger partial charge in [0.15, 0.2) is 5.16 Å². The van der Waals surface area contributed by atoms with Gasteiger partial charge in [-0.1, -0.05) is 30.8 Å². The monoisotopic (exact) mass is 332 g/mol. The summed E-state index contributed by atoms with van der Waals surface area (Å²) in [5.74, 6) is 0.220. The maximum Gasteiger partial charge on any atom is 0.235 e. The highest BCUT2D eigenvalue weighted by molar-refractivity contribution is 8.00. The Hall–Kier alpha value is -1.53. The van der Waals surface area contributed by atoms with E-state index < -0.39 is 0 Å². The zero-order chi connectivity index (χ0) is 16.4. The van der Waals surface area contributed by atoms with Gasteiger partial charge in [0.2, 0.25) is 5.91 Å². The average Bonchev–Trinajstić information content (AvgIpc) is 2.90. The number of hydrogen-bond acceptors (Lipinski definition) is 4. The van der Waals surface area contributed by atoms with E-state index >= 15 is 0 Å². The fraction of sp³-hybridized carbons (Fsp3) is 0.529. The van der Waals surface area contributed by atoms with Crippen LogP contribution in [0.2, 0.25) is 0 Å². The number of carbonyl (C=O) groups excluding carboxylic acids is 1. The summed E-state index contributed by atoms with van der Waals surface area (Å²) >= 11 is 1.55. The van der Waals surface area contributed by atoms with Crippen molar-refractivity contribution in [2.45, 2.75) is 24.3 Å². The van der Waals surface area contributed by atoms with Gasteiger partial charge in [0.1, 0.15) is 0 Å². The number of benzene rings is 1. The van der Waals surface area contributed by atoms with Gasteiger partial charge in [-0.15, -0.1) is 0 Å². The van der Waals surface area contributed by atoms with Gasteiger partial charge in [-0.2, -0.15) is 0 Å². The molecule has 1 amide bonds. The molecule has 0 unspecified atom stereocenters. The molecule has 2 heterocycles. The lowest BCUT2D eigenvalue weighted by Crippen LogP contribution is -2.50. The van der Waals surface area contributed by atoms with Crippen molar-refractivity contribution in [2.24, 2.45) is 7.05 Å². The number of nitrogens with zero attached hydrogens (tertiary/aromatic N) is 4. The summed E-state index contributed by atoms with van der Waals surface area (Å²) < 4.78 is 2.07. The molecule has 0 saturated carbocycles. The summed E-state index contributed by atoms with van der Waals surface area (Å²) in [6.45, 7) is 8.84. The molecular formula is C17H24N4OS. The van der Waals surface area contributed by atoms with Crippen LogP contribution in [0.4, 0.5) is 0 Å². The van der Waals surface area contributed by atoms with Crippen LogP contribution in [0.1, 0.15) is 13.8 Å². The summed E-state index contributed by atoms with van der Waals surface area (Å²) in [4.78, 5) is 21.7. The quantitative estimate of drug-likeness (QED) is 0.805. The highest BCUT2D eigenvalue weighted by Gasteiger charge is 2.26. The summed E-state index contributed by atoms with van der Waals surface area (Å²) in [7, 11) is 2.01. The van der Waals surface area contributed by atoms with Gasteiger partial charge in [-0.3, -0.25) is 4.79 Å². The Morgan fingerprint density at radius 3 is 2.61 bits per heavy atom.